The lowest BCUT2D eigenvalue weighted by Crippen LogP contribution is -2.49. The molecule has 14 heteroatoms. The van der Waals surface area contributed by atoms with Crippen molar-refractivity contribution in [3.63, 3.8) is 0 Å². The molecular formula is C14H22Cl2F6N2O4. The van der Waals surface area contributed by atoms with Crippen molar-refractivity contribution in [2.24, 2.45) is 11.8 Å². The molecule has 0 unspecified atom stereocenters. The number of hydrogen-bond donors (Lipinski definition) is 4. The summed E-state index contributed by atoms with van der Waals surface area (Å²) < 4.78 is 72.7. The van der Waals surface area contributed by atoms with E-state index in [2.05, 4.69) is 10.6 Å². The zero-order chi connectivity index (χ0) is 20.1. The van der Waals surface area contributed by atoms with Crippen LogP contribution in [0.15, 0.2) is 0 Å². The minimum absolute atomic E-state index is 0. The Morgan fingerprint density at radius 3 is 1.21 bits per heavy atom. The van der Waals surface area contributed by atoms with Gasteiger partial charge in [-0.3, -0.25) is 9.59 Å². The van der Waals surface area contributed by atoms with Gasteiger partial charge in [0.1, 0.15) is 12.1 Å². The standard InChI is InChI=1S/2C7H10F3NO2.2ClH/c2*8-7(9,10)5-3-4(6(12)13)1-2-11-5;;/h2*4-5,11H,1-3H2,(H,12,13);2*1H/t2*4-,5+;;/m10../s1. The molecule has 4 atom stereocenters. The molecule has 0 amide bonds. The van der Waals surface area contributed by atoms with Crippen LogP contribution < -0.4 is 10.6 Å². The molecule has 2 saturated heterocycles. The average Bonchev–Trinajstić information content (AvgIpc) is 2.54. The number of hydrogen-bond acceptors (Lipinski definition) is 4. The van der Waals surface area contributed by atoms with Gasteiger partial charge in [0.05, 0.1) is 11.8 Å². The van der Waals surface area contributed by atoms with Crippen molar-refractivity contribution < 1.29 is 46.1 Å². The summed E-state index contributed by atoms with van der Waals surface area (Å²) in [5.41, 5.74) is 0. The van der Waals surface area contributed by atoms with E-state index in [9.17, 15) is 35.9 Å². The van der Waals surface area contributed by atoms with E-state index >= 15 is 0 Å². The van der Waals surface area contributed by atoms with Gasteiger partial charge in [-0.05, 0) is 38.8 Å². The Hall–Kier alpha value is -0.980. The summed E-state index contributed by atoms with van der Waals surface area (Å²) in [7, 11) is 0. The van der Waals surface area contributed by atoms with E-state index in [1.165, 1.54) is 0 Å². The summed E-state index contributed by atoms with van der Waals surface area (Å²) in [6.45, 7) is 0.224. The van der Waals surface area contributed by atoms with Crippen LogP contribution >= 0.6 is 24.8 Å². The van der Waals surface area contributed by atoms with E-state index in [1.54, 1.807) is 0 Å². The molecule has 168 valence electrons. The molecular weight excluding hydrogens is 445 g/mol. The van der Waals surface area contributed by atoms with E-state index in [1.807, 2.05) is 0 Å². The Morgan fingerprint density at radius 2 is 1.00 bits per heavy atom. The predicted molar refractivity (Wildman–Crippen MR) is 90.9 cm³/mol. The maximum absolute atomic E-state index is 12.1. The molecule has 28 heavy (non-hydrogen) atoms. The number of rotatable bonds is 2. The summed E-state index contributed by atoms with van der Waals surface area (Å²) in [6, 6.07) is -3.33. The van der Waals surface area contributed by atoms with Crippen molar-refractivity contribution >= 4 is 36.8 Å². The van der Waals surface area contributed by atoms with Gasteiger partial charge >= 0.3 is 24.3 Å². The van der Waals surface area contributed by atoms with Gasteiger partial charge in [0.25, 0.3) is 0 Å². The first-order valence-electron chi connectivity index (χ1n) is 7.88. The lowest BCUT2D eigenvalue weighted by Gasteiger charge is -2.29. The summed E-state index contributed by atoms with van der Waals surface area (Å²) in [6.07, 6.45) is -8.87. The predicted octanol–water partition coefficient (Wildman–Crippen LogP) is 2.85. The van der Waals surface area contributed by atoms with Crippen LogP contribution in [0.25, 0.3) is 0 Å². The van der Waals surface area contributed by atoms with Crippen molar-refractivity contribution in [1.82, 2.24) is 10.6 Å². The molecule has 0 aliphatic carbocycles. The summed E-state index contributed by atoms with van der Waals surface area (Å²) in [5.74, 6) is -4.02. The maximum Gasteiger partial charge on any atom is 0.403 e. The molecule has 2 aliphatic heterocycles. The van der Waals surface area contributed by atoms with Crippen LogP contribution in [0.2, 0.25) is 0 Å². The minimum atomic E-state index is -4.34. The maximum atomic E-state index is 12.1. The number of aliphatic carboxylic acids is 2. The molecule has 0 bridgehead atoms. The third-order valence-electron chi connectivity index (χ3n) is 4.30. The monoisotopic (exact) mass is 466 g/mol. The van der Waals surface area contributed by atoms with Crippen LogP contribution in [-0.4, -0.2) is 59.7 Å². The second-order valence-electron chi connectivity index (χ2n) is 6.22. The minimum Gasteiger partial charge on any atom is -0.481 e. The Kier molecular flexibility index (Phi) is 12.4. The fourth-order valence-corrected chi connectivity index (χ4v) is 2.78. The topological polar surface area (TPSA) is 98.7 Å². The van der Waals surface area contributed by atoms with E-state index < -0.39 is 48.2 Å². The normalized spacial score (nSPS) is 27.9. The molecule has 0 aromatic rings. The Balaban J connectivity index is 0. The second-order valence-corrected chi connectivity index (χ2v) is 6.22. The van der Waals surface area contributed by atoms with Crippen LogP contribution in [0.1, 0.15) is 25.7 Å². The van der Waals surface area contributed by atoms with Crippen LogP contribution in [0, 0.1) is 11.8 Å². The van der Waals surface area contributed by atoms with Gasteiger partial charge in [-0.15, -0.1) is 24.8 Å². The molecule has 0 spiro atoms. The van der Waals surface area contributed by atoms with Crippen molar-refractivity contribution in [2.45, 2.75) is 50.1 Å². The molecule has 2 aliphatic rings. The fourth-order valence-electron chi connectivity index (χ4n) is 2.78. The number of alkyl halides is 6. The zero-order valence-corrected chi connectivity index (χ0v) is 16.0. The van der Waals surface area contributed by atoms with Crippen molar-refractivity contribution in [2.75, 3.05) is 13.1 Å². The van der Waals surface area contributed by atoms with Crippen LogP contribution in [0.4, 0.5) is 26.3 Å². The highest BCUT2D eigenvalue weighted by atomic mass is 35.5. The number of carboxylic acid groups (broad SMARTS) is 2. The summed E-state index contributed by atoms with van der Waals surface area (Å²) >= 11 is 0. The number of piperidine rings is 2. The Labute approximate surface area is 169 Å². The van der Waals surface area contributed by atoms with Gasteiger partial charge in [0, 0.05) is 0 Å². The Bertz CT molecular complexity index is 463. The van der Waals surface area contributed by atoms with Gasteiger partial charge in [-0.25, -0.2) is 0 Å². The van der Waals surface area contributed by atoms with Crippen LogP contribution in [-0.2, 0) is 9.59 Å². The lowest BCUT2D eigenvalue weighted by atomic mass is 9.92. The fraction of sp³-hybridized carbons (Fsp3) is 0.857. The van der Waals surface area contributed by atoms with Crippen LogP contribution in [0.5, 0.6) is 0 Å². The molecule has 0 saturated carbocycles. The first kappa shape index (κ1) is 29.2. The van der Waals surface area contributed by atoms with Gasteiger partial charge < -0.3 is 20.8 Å². The first-order valence-corrected chi connectivity index (χ1v) is 7.88. The number of carbonyl (C=O) groups is 2. The van der Waals surface area contributed by atoms with Gasteiger partial charge in [-0.2, -0.15) is 26.3 Å². The molecule has 4 N–H and O–H groups in total. The third-order valence-corrected chi connectivity index (χ3v) is 4.30. The van der Waals surface area contributed by atoms with Gasteiger partial charge in [-0.1, -0.05) is 0 Å². The van der Waals surface area contributed by atoms with Gasteiger partial charge in [0.2, 0.25) is 0 Å². The quantitative estimate of drug-likeness (QED) is 0.467. The van der Waals surface area contributed by atoms with Crippen LogP contribution in [0.3, 0.4) is 0 Å². The number of halogens is 8. The zero-order valence-electron chi connectivity index (χ0n) is 14.3. The third kappa shape index (κ3) is 9.48. The molecule has 2 rings (SSSR count). The van der Waals surface area contributed by atoms with Gasteiger partial charge in [0.15, 0.2) is 0 Å². The summed E-state index contributed by atoms with van der Waals surface area (Å²) in [5, 5.41) is 21.6. The first-order chi connectivity index (χ1) is 11.8. The average molecular weight is 467 g/mol. The highest BCUT2D eigenvalue weighted by Gasteiger charge is 2.44. The molecule has 0 aromatic heterocycles. The smallest absolute Gasteiger partial charge is 0.403 e. The highest BCUT2D eigenvalue weighted by molar-refractivity contribution is 5.85. The SMILES string of the molecule is Cl.Cl.O=C(O)[C@@H]1CCN[C@H](C(F)(F)F)C1.O=C(O)[C@H]1CCN[C@@H](C(F)(F)F)C1. The van der Waals surface area contributed by atoms with E-state index in [-0.39, 0.29) is 63.6 Å². The second kappa shape index (κ2) is 11.9. The van der Waals surface area contributed by atoms with E-state index in [0.29, 0.717) is 0 Å². The number of carboxylic acids is 2. The molecule has 2 heterocycles. The lowest BCUT2D eigenvalue weighted by molar-refractivity contribution is -0.169. The van der Waals surface area contributed by atoms with Crippen molar-refractivity contribution in [1.29, 1.82) is 0 Å². The van der Waals surface area contributed by atoms with Crippen molar-refractivity contribution in [3.8, 4) is 0 Å². The van der Waals surface area contributed by atoms with Crippen molar-refractivity contribution in [3.05, 3.63) is 0 Å². The highest BCUT2D eigenvalue weighted by Crippen LogP contribution is 2.29. The van der Waals surface area contributed by atoms with E-state index in [4.69, 9.17) is 10.2 Å². The number of nitrogens with one attached hydrogen (secondary N) is 2. The molecule has 0 aromatic carbocycles. The Morgan fingerprint density at radius 1 is 0.714 bits per heavy atom. The molecule has 2 fully saturated rings. The molecule has 6 nitrogen and oxygen atoms in total. The largest absolute Gasteiger partial charge is 0.481 e. The molecule has 0 radical (unpaired) electrons. The van der Waals surface area contributed by atoms with E-state index in [0.717, 1.165) is 0 Å². The summed E-state index contributed by atoms with van der Waals surface area (Å²) in [4.78, 5) is 20.9.